The maximum absolute atomic E-state index is 5.37. The van der Waals surface area contributed by atoms with Crippen LogP contribution in [-0.2, 0) is 0 Å². The van der Waals surface area contributed by atoms with E-state index in [1.807, 2.05) is 6.92 Å². The van der Waals surface area contributed by atoms with Crippen molar-refractivity contribution in [1.29, 1.82) is 0 Å². The number of nitrogens with two attached hydrogens (primary N) is 1. The lowest BCUT2D eigenvalue weighted by Crippen LogP contribution is -1.98. The van der Waals surface area contributed by atoms with Crippen LogP contribution in [0.4, 0.5) is 0 Å². The summed E-state index contributed by atoms with van der Waals surface area (Å²) in [5.74, 6) is 1.48. The van der Waals surface area contributed by atoms with Gasteiger partial charge in [-0.1, -0.05) is 29.6 Å². The zero-order valence-electron chi connectivity index (χ0n) is 5.83. The van der Waals surface area contributed by atoms with Gasteiger partial charge in [-0.05, 0) is 6.92 Å². The fourth-order valence-corrected chi connectivity index (χ4v) is 2.40. The molecule has 0 radical (unpaired) electrons. The van der Waals surface area contributed by atoms with Crippen molar-refractivity contribution in [3.63, 3.8) is 0 Å². The minimum Gasteiger partial charge on any atom is -0.322 e. The van der Waals surface area contributed by atoms with E-state index in [0.29, 0.717) is 5.88 Å². The van der Waals surface area contributed by atoms with Crippen LogP contribution in [0.5, 0.6) is 0 Å². The van der Waals surface area contributed by atoms with E-state index < -0.39 is 0 Å². The Morgan fingerprint density at radius 3 is 3.30 bits per heavy atom. The van der Waals surface area contributed by atoms with Gasteiger partial charge in [0.15, 0.2) is 0 Å². The van der Waals surface area contributed by atoms with E-state index in [1.165, 1.54) is 4.91 Å². The van der Waals surface area contributed by atoms with Gasteiger partial charge in [0.2, 0.25) is 0 Å². The summed E-state index contributed by atoms with van der Waals surface area (Å²) in [6, 6.07) is 0. The summed E-state index contributed by atoms with van der Waals surface area (Å²) in [6.45, 7) is 2.03. The minimum absolute atomic E-state index is 0.622. The number of aliphatic imine (C=N–C) groups is 1. The minimum atomic E-state index is 0.622. The van der Waals surface area contributed by atoms with Gasteiger partial charge in [-0.3, -0.25) is 4.99 Å². The fraction of sp³-hybridized carbons (Fsp3) is 0.500. The van der Waals surface area contributed by atoms with E-state index in [-0.39, 0.29) is 0 Å². The van der Waals surface area contributed by atoms with Gasteiger partial charge in [0.1, 0.15) is 5.04 Å². The maximum atomic E-state index is 5.37. The number of rotatable bonds is 1. The Morgan fingerprint density at radius 1 is 1.90 bits per heavy atom. The molecule has 0 aliphatic carbocycles. The van der Waals surface area contributed by atoms with Crippen molar-refractivity contribution in [2.45, 2.75) is 6.92 Å². The van der Waals surface area contributed by atoms with Crippen LogP contribution in [0, 0.1) is 0 Å². The number of hydrogen-bond acceptors (Lipinski definition) is 4. The van der Waals surface area contributed by atoms with Gasteiger partial charge in [0.05, 0.1) is 5.88 Å². The average Bonchev–Trinajstić information content (AvgIpc) is 2.36. The second-order valence-electron chi connectivity index (χ2n) is 1.70. The van der Waals surface area contributed by atoms with Crippen LogP contribution in [0.3, 0.4) is 0 Å². The molecule has 0 unspecified atom stereocenters. The van der Waals surface area contributed by atoms with Crippen molar-refractivity contribution in [2.75, 3.05) is 11.8 Å². The Kier molecular flexibility index (Phi) is 3.31. The van der Waals surface area contributed by atoms with E-state index in [0.717, 1.165) is 10.9 Å². The number of nitrogens with zero attached hydrogens (tertiary/aromatic N) is 1. The third kappa shape index (κ3) is 1.78. The monoisotopic (exact) mass is 174 g/mol. The molecule has 0 amide bonds. The molecule has 1 aliphatic rings. The first-order valence-electron chi connectivity index (χ1n) is 3.05. The summed E-state index contributed by atoms with van der Waals surface area (Å²) in [5.41, 5.74) is 5.37. The molecule has 0 aromatic rings. The lowest BCUT2D eigenvalue weighted by atomic mass is 10.5. The van der Waals surface area contributed by atoms with Crippen LogP contribution in [0.2, 0.25) is 0 Å². The molecule has 1 rings (SSSR count). The summed E-state index contributed by atoms with van der Waals surface area (Å²) in [4.78, 5) is 5.55. The third-order valence-electron chi connectivity index (χ3n) is 1.12. The second-order valence-corrected chi connectivity index (χ2v) is 3.70. The first-order chi connectivity index (χ1) is 4.88. The molecular weight excluding hydrogens is 164 g/mol. The number of allylic oxidation sites excluding steroid dienone is 1. The quantitative estimate of drug-likeness (QED) is 0.614. The summed E-state index contributed by atoms with van der Waals surface area (Å²) in [5, 5.41) is 1.11. The van der Waals surface area contributed by atoms with Gasteiger partial charge in [-0.2, -0.15) is 0 Å². The van der Waals surface area contributed by atoms with Crippen LogP contribution < -0.4 is 5.73 Å². The Balaban J connectivity index is 2.57. The molecule has 4 heteroatoms. The molecule has 0 fully saturated rings. The molecule has 56 valence electrons. The average molecular weight is 174 g/mol. The van der Waals surface area contributed by atoms with Gasteiger partial charge in [-0.25, -0.2) is 0 Å². The van der Waals surface area contributed by atoms with Gasteiger partial charge in [0, 0.05) is 10.8 Å². The predicted molar refractivity (Wildman–Crippen MR) is 50.3 cm³/mol. The highest BCUT2D eigenvalue weighted by Gasteiger charge is 2.11. The smallest absolute Gasteiger partial charge is 0.106 e. The summed E-state index contributed by atoms with van der Waals surface area (Å²) in [6.07, 6.45) is 2.08. The zero-order valence-corrected chi connectivity index (χ0v) is 7.47. The molecular formula is C6H10N2S2. The molecule has 2 N–H and O–H groups in total. The summed E-state index contributed by atoms with van der Waals surface area (Å²) >= 11 is 3.38. The topological polar surface area (TPSA) is 38.4 Å². The second kappa shape index (κ2) is 4.05. The van der Waals surface area contributed by atoms with E-state index in [4.69, 9.17) is 5.73 Å². The fourth-order valence-electron chi connectivity index (χ4n) is 0.703. The van der Waals surface area contributed by atoms with Crippen molar-refractivity contribution >= 4 is 28.6 Å². The largest absolute Gasteiger partial charge is 0.322 e. The molecule has 1 heterocycles. The first kappa shape index (κ1) is 8.17. The van der Waals surface area contributed by atoms with Gasteiger partial charge < -0.3 is 5.73 Å². The van der Waals surface area contributed by atoms with E-state index in [9.17, 15) is 0 Å². The van der Waals surface area contributed by atoms with Crippen molar-refractivity contribution < 1.29 is 0 Å². The highest BCUT2D eigenvalue weighted by Crippen LogP contribution is 2.29. The van der Waals surface area contributed by atoms with Crippen molar-refractivity contribution in [3.05, 3.63) is 11.0 Å². The molecule has 0 bridgehead atoms. The van der Waals surface area contributed by atoms with E-state index in [2.05, 4.69) is 11.1 Å². The molecule has 0 aromatic heterocycles. The number of hydrogen-bond donors (Lipinski definition) is 1. The van der Waals surface area contributed by atoms with Crippen LogP contribution in [-0.4, -0.2) is 16.8 Å². The molecule has 0 spiro atoms. The summed E-state index contributed by atoms with van der Waals surface area (Å²) < 4.78 is 0. The highest BCUT2D eigenvalue weighted by atomic mass is 32.2. The highest BCUT2D eigenvalue weighted by molar-refractivity contribution is 8.18. The SMILES string of the molecule is C/C=C1/SCN=C1SCN. The van der Waals surface area contributed by atoms with Crippen LogP contribution in [0.15, 0.2) is 16.0 Å². The molecule has 10 heavy (non-hydrogen) atoms. The van der Waals surface area contributed by atoms with Gasteiger partial charge >= 0.3 is 0 Å². The summed E-state index contributed by atoms with van der Waals surface area (Å²) in [7, 11) is 0. The Labute approximate surface area is 69.3 Å². The Bertz CT molecular complexity index is 175. The van der Waals surface area contributed by atoms with Crippen LogP contribution in [0.25, 0.3) is 0 Å². The van der Waals surface area contributed by atoms with E-state index in [1.54, 1.807) is 23.5 Å². The Hall–Kier alpha value is 0.0700. The van der Waals surface area contributed by atoms with Crippen molar-refractivity contribution in [3.8, 4) is 0 Å². The van der Waals surface area contributed by atoms with Crippen molar-refractivity contribution in [2.24, 2.45) is 10.7 Å². The first-order valence-corrected chi connectivity index (χ1v) is 5.02. The molecule has 0 saturated carbocycles. The van der Waals surface area contributed by atoms with E-state index >= 15 is 0 Å². The molecule has 1 aliphatic heterocycles. The van der Waals surface area contributed by atoms with Crippen LogP contribution >= 0.6 is 23.5 Å². The maximum Gasteiger partial charge on any atom is 0.106 e. The van der Waals surface area contributed by atoms with Gasteiger partial charge in [-0.15, -0.1) is 0 Å². The zero-order chi connectivity index (χ0) is 7.40. The molecule has 2 nitrogen and oxygen atoms in total. The predicted octanol–water partition coefficient (Wildman–Crippen LogP) is 1.64. The lowest BCUT2D eigenvalue weighted by Gasteiger charge is -1.96. The molecule has 0 atom stereocenters. The lowest BCUT2D eigenvalue weighted by molar-refractivity contribution is 1.40. The third-order valence-corrected chi connectivity index (χ3v) is 3.04. The standard InChI is InChI=1S/C6H10N2S2/c1-2-5-6(9-3-7)8-4-10-5/h2H,3-4,7H2,1H3/b5-2+. The molecule has 0 aromatic carbocycles. The van der Waals surface area contributed by atoms with Crippen LogP contribution in [0.1, 0.15) is 6.92 Å². The van der Waals surface area contributed by atoms with Crippen molar-refractivity contribution in [1.82, 2.24) is 0 Å². The molecule has 0 saturated heterocycles. The van der Waals surface area contributed by atoms with Gasteiger partial charge in [0.25, 0.3) is 0 Å². The normalized spacial score (nSPS) is 21.8. The Morgan fingerprint density at radius 2 is 2.70 bits per heavy atom. The number of thioether (sulfide) groups is 2.